The molecule has 0 aliphatic carbocycles. The molecule has 2 amide bonds. The highest BCUT2D eigenvalue weighted by atomic mass is 32.2. The van der Waals surface area contributed by atoms with E-state index in [1.807, 2.05) is 25.1 Å². The number of aryl methyl sites for hydroxylation is 1. The van der Waals surface area contributed by atoms with Gasteiger partial charge in [-0.2, -0.15) is 0 Å². The van der Waals surface area contributed by atoms with Crippen LogP contribution in [0, 0.1) is 0 Å². The Balaban J connectivity index is 2.23. The lowest BCUT2D eigenvalue weighted by Gasteiger charge is -2.22. The summed E-state index contributed by atoms with van der Waals surface area (Å²) in [6, 6.07) is 13.5. The summed E-state index contributed by atoms with van der Waals surface area (Å²) in [6.45, 7) is 1.61. The molecule has 0 atom stereocenters. The zero-order valence-corrected chi connectivity index (χ0v) is 17.3. The van der Waals surface area contributed by atoms with Crippen LogP contribution in [0.2, 0.25) is 0 Å². The molecule has 0 saturated carbocycles. The van der Waals surface area contributed by atoms with Crippen LogP contribution >= 0.6 is 0 Å². The van der Waals surface area contributed by atoms with Crippen molar-refractivity contribution in [2.24, 2.45) is 0 Å². The van der Waals surface area contributed by atoms with Crippen molar-refractivity contribution in [2.45, 2.75) is 13.3 Å². The Hall–Kier alpha value is -2.87. The van der Waals surface area contributed by atoms with E-state index in [2.05, 4.69) is 5.32 Å². The highest BCUT2D eigenvalue weighted by Crippen LogP contribution is 2.20. The van der Waals surface area contributed by atoms with E-state index in [-0.39, 0.29) is 12.5 Å². The van der Waals surface area contributed by atoms with E-state index in [0.29, 0.717) is 16.9 Å². The summed E-state index contributed by atoms with van der Waals surface area (Å²) >= 11 is 0. The number of rotatable bonds is 7. The molecular weight excluding hydrogens is 378 g/mol. The molecule has 0 unspecified atom stereocenters. The molecular formula is C20H25N3O4S. The zero-order valence-electron chi connectivity index (χ0n) is 16.5. The first-order chi connectivity index (χ1) is 13.1. The third-order valence-electron chi connectivity index (χ3n) is 4.17. The molecule has 0 saturated heterocycles. The molecule has 2 aromatic carbocycles. The largest absolute Gasteiger partial charge is 0.345 e. The molecule has 28 heavy (non-hydrogen) atoms. The maximum absolute atomic E-state index is 12.5. The summed E-state index contributed by atoms with van der Waals surface area (Å²) in [7, 11) is -0.420. The van der Waals surface area contributed by atoms with E-state index in [0.717, 1.165) is 22.5 Å². The van der Waals surface area contributed by atoms with Gasteiger partial charge in [0.2, 0.25) is 15.9 Å². The standard InChI is InChI=1S/C20H25N3O4S/c1-5-15-8-6-7-9-18(15)21-19(24)14-23(28(4,26)27)17-12-10-16(11-13-17)20(25)22(2)3/h6-13H,5,14H2,1-4H3,(H,21,24). The number of sulfonamides is 1. The zero-order chi connectivity index (χ0) is 20.9. The lowest BCUT2D eigenvalue weighted by molar-refractivity contribution is -0.114. The molecule has 0 aromatic heterocycles. The number of hydrogen-bond acceptors (Lipinski definition) is 4. The summed E-state index contributed by atoms with van der Waals surface area (Å²) in [4.78, 5) is 25.9. The van der Waals surface area contributed by atoms with Gasteiger partial charge in [0.05, 0.1) is 11.9 Å². The van der Waals surface area contributed by atoms with Gasteiger partial charge in [0.15, 0.2) is 0 Å². The molecule has 7 nitrogen and oxygen atoms in total. The van der Waals surface area contributed by atoms with E-state index in [4.69, 9.17) is 0 Å². The number of carbonyl (C=O) groups excluding carboxylic acids is 2. The molecule has 2 rings (SSSR count). The Kier molecular flexibility index (Phi) is 6.80. The van der Waals surface area contributed by atoms with Gasteiger partial charge in [-0.25, -0.2) is 8.42 Å². The Morgan fingerprint density at radius 3 is 2.14 bits per heavy atom. The first-order valence-corrected chi connectivity index (χ1v) is 10.7. The number of hydrogen-bond donors (Lipinski definition) is 1. The van der Waals surface area contributed by atoms with Crippen molar-refractivity contribution in [1.82, 2.24) is 4.90 Å². The van der Waals surface area contributed by atoms with Crippen molar-refractivity contribution in [3.8, 4) is 0 Å². The number of para-hydroxylation sites is 1. The van der Waals surface area contributed by atoms with Gasteiger partial charge in [-0.15, -0.1) is 0 Å². The number of amides is 2. The maximum Gasteiger partial charge on any atom is 0.253 e. The number of anilines is 2. The van der Waals surface area contributed by atoms with Crippen LogP contribution in [-0.2, 0) is 21.2 Å². The van der Waals surface area contributed by atoms with Crippen LogP contribution in [0.1, 0.15) is 22.8 Å². The molecule has 8 heteroatoms. The number of nitrogens with zero attached hydrogens (tertiary/aromatic N) is 2. The van der Waals surface area contributed by atoms with Gasteiger partial charge in [0.25, 0.3) is 5.91 Å². The van der Waals surface area contributed by atoms with Crippen LogP contribution in [0.25, 0.3) is 0 Å². The fraction of sp³-hybridized carbons (Fsp3) is 0.300. The average molecular weight is 404 g/mol. The molecule has 0 radical (unpaired) electrons. The first kappa shape index (κ1) is 21.4. The van der Waals surface area contributed by atoms with Crippen LogP contribution in [0.4, 0.5) is 11.4 Å². The summed E-state index contributed by atoms with van der Waals surface area (Å²) in [5.41, 5.74) is 2.38. The van der Waals surface area contributed by atoms with Crippen molar-refractivity contribution in [3.63, 3.8) is 0 Å². The second-order valence-electron chi connectivity index (χ2n) is 6.57. The normalized spacial score (nSPS) is 11.0. The van der Waals surface area contributed by atoms with Gasteiger partial charge in [-0.1, -0.05) is 25.1 Å². The van der Waals surface area contributed by atoms with Crippen molar-refractivity contribution in [1.29, 1.82) is 0 Å². The number of nitrogens with one attached hydrogen (secondary N) is 1. The highest BCUT2D eigenvalue weighted by Gasteiger charge is 2.21. The van der Waals surface area contributed by atoms with Crippen molar-refractivity contribution in [2.75, 3.05) is 36.5 Å². The van der Waals surface area contributed by atoms with Crippen molar-refractivity contribution >= 4 is 33.2 Å². The van der Waals surface area contributed by atoms with Gasteiger partial charge in [0, 0.05) is 25.3 Å². The lowest BCUT2D eigenvalue weighted by atomic mass is 10.1. The van der Waals surface area contributed by atoms with Crippen molar-refractivity contribution in [3.05, 3.63) is 59.7 Å². The van der Waals surface area contributed by atoms with Crippen LogP contribution in [0.5, 0.6) is 0 Å². The minimum atomic E-state index is -3.69. The average Bonchev–Trinajstić information content (AvgIpc) is 2.65. The van der Waals surface area contributed by atoms with E-state index < -0.39 is 15.9 Å². The summed E-state index contributed by atoms with van der Waals surface area (Å²) < 4.78 is 25.5. The van der Waals surface area contributed by atoms with Gasteiger partial charge in [0.1, 0.15) is 6.54 Å². The molecule has 150 valence electrons. The Bertz CT molecular complexity index is 954. The summed E-state index contributed by atoms with van der Waals surface area (Å²) in [5.74, 6) is -0.633. The van der Waals surface area contributed by atoms with Gasteiger partial charge in [-0.3, -0.25) is 13.9 Å². The minimum absolute atomic E-state index is 0.189. The SMILES string of the molecule is CCc1ccccc1NC(=O)CN(c1ccc(C(=O)N(C)C)cc1)S(C)(=O)=O. The van der Waals surface area contributed by atoms with E-state index in [1.165, 1.54) is 17.0 Å². The fourth-order valence-electron chi connectivity index (χ4n) is 2.70. The Morgan fingerprint density at radius 1 is 1.00 bits per heavy atom. The molecule has 0 spiro atoms. The van der Waals surface area contributed by atoms with Crippen LogP contribution < -0.4 is 9.62 Å². The summed E-state index contributed by atoms with van der Waals surface area (Å²) in [5, 5.41) is 2.77. The predicted octanol–water partition coefficient (Wildman–Crippen LogP) is 2.36. The van der Waals surface area contributed by atoms with E-state index in [9.17, 15) is 18.0 Å². The first-order valence-electron chi connectivity index (χ1n) is 8.80. The van der Waals surface area contributed by atoms with Crippen molar-refractivity contribution < 1.29 is 18.0 Å². The van der Waals surface area contributed by atoms with Gasteiger partial charge >= 0.3 is 0 Å². The van der Waals surface area contributed by atoms with Crippen LogP contribution in [0.15, 0.2) is 48.5 Å². The second kappa shape index (κ2) is 8.88. The highest BCUT2D eigenvalue weighted by molar-refractivity contribution is 7.92. The molecule has 0 bridgehead atoms. The summed E-state index contributed by atoms with van der Waals surface area (Å²) in [6.07, 6.45) is 1.78. The molecule has 0 fully saturated rings. The molecule has 0 aliphatic heterocycles. The van der Waals surface area contributed by atoms with E-state index in [1.54, 1.807) is 32.3 Å². The Labute approximate surface area is 166 Å². The number of benzene rings is 2. The quantitative estimate of drug-likeness (QED) is 0.769. The monoisotopic (exact) mass is 403 g/mol. The lowest BCUT2D eigenvalue weighted by Crippen LogP contribution is -2.37. The second-order valence-corrected chi connectivity index (χ2v) is 8.48. The third kappa shape index (κ3) is 5.32. The van der Waals surface area contributed by atoms with Gasteiger partial charge < -0.3 is 10.2 Å². The number of carbonyl (C=O) groups is 2. The minimum Gasteiger partial charge on any atom is -0.345 e. The third-order valence-corrected chi connectivity index (χ3v) is 5.31. The predicted molar refractivity (Wildman–Crippen MR) is 111 cm³/mol. The van der Waals surface area contributed by atoms with E-state index >= 15 is 0 Å². The van der Waals surface area contributed by atoms with Crippen LogP contribution in [-0.4, -0.2) is 52.0 Å². The molecule has 1 N–H and O–H groups in total. The molecule has 0 heterocycles. The molecule has 0 aliphatic rings. The molecule has 2 aromatic rings. The topological polar surface area (TPSA) is 86.8 Å². The van der Waals surface area contributed by atoms with Crippen LogP contribution in [0.3, 0.4) is 0 Å². The smallest absolute Gasteiger partial charge is 0.253 e. The fourth-order valence-corrected chi connectivity index (χ4v) is 3.56. The Morgan fingerprint density at radius 2 is 1.61 bits per heavy atom. The van der Waals surface area contributed by atoms with Gasteiger partial charge in [-0.05, 0) is 42.3 Å². The maximum atomic E-state index is 12.5.